The summed E-state index contributed by atoms with van der Waals surface area (Å²) in [5, 5.41) is 0. The molecule has 0 unspecified atom stereocenters. The van der Waals surface area contributed by atoms with Gasteiger partial charge in [-0.1, -0.05) is 27.7 Å². The van der Waals surface area contributed by atoms with Crippen LogP contribution in [0.15, 0.2) is 18.2 Å². The van der Waals surface area contributed by atoms with Crippen LogP contribution in [0.25, 0.3) is 0 Å². The molecule has 3 heteroatoms. The maximum atomic E-state index is 3.32. The molecule has 0 heterocycles. The van der Waals surface area contributed by atoms with Crippen LogP contribution >= 0.6 is 0 Å². The molecular formula is C14H22BrMgN. The Hall–Kier alpha value is 0.426. The summed E-state index contributed by atoms with van der Waals surface area (Å²) in [4.78, 5) is 2.41. The summed E-state index contributed by atoms with van der Waals surface area (Å²) in [6.45, 7) is 12.1. The zero-order valence-corrected chi connectivity index (χ0v) is 14.5. The zero-order valence-electron chi connectivity index (χ0n) is 11.5. The van der Waals surface area contributed by atoms with Gasteiger partial charge in [-0.2, -0.15) is 29.8 Å². The molecule has 0 aliphatic rings. The average molecular weight is 309 g/mol. The Morgan fingerprint density at radius 1 is 1.24 bits per heavy atom. The standard InChI is InChI=1S/C14H22N.BrH.Mg/c1-5-15(6-2)11-13-8-7-9-14(10-13)12(3)4;;/h7,9-10,12H,5-6,11H2,1-4H3;1H;/q-1;;+2/p-1. The molecule has 0 fully saturated rings. The van der Waals surface area contributed by atoms with E-state index in [4.69, 9.17) is 0 Å². The van der Waals surface area contributed by atoms with Crippen molar-refractivity contribution in [2.45, 2.75) is 40.2 Å². The van der Waals surface area contributed by atoms with Gasteiger partial charge in [0.05, 0.1) is 0 Å². The minimum absolute atomic E-state index is 0. The number of rotatable bonds is 5. The molecule has 0 bridgehead atoms. The van der Waals surface area contributed by atoms with Gasteiger partial charge in [0, 0.05) is 6.54 Å². The summed E-state index contributed by atoms with van der Waals surface area (Å²) in [6.07, 6.45) is 0. The van der Waals surface area contributed by atoms with Crippen LogP contribution in [-0.2, 0) is 6.54 Å². The Balaban J connectivity index is 0. The van der Waals surface area contributed by atoms with E-state index in [2.05, 4.69) is 50.8 Å². The number of hydrogen-bond acceptors (Lipinski definition) is 1. The summed E-state index contributed by atoms with van der Waals surface area (Å²) < 4.78 is 0. The largest absolute Gasteiger partial charge is 2.00 e. The van der Waals surface area contributed by atoms with Crippen LogP contribution in [0, 0.1) is 6.07 Å². The fraction of sp³-hybridized carbons (Fsp3) is 0.571. The minimum Gasteiger partial charge on any atom is -1.00 e. The zero-order chi connectivity index (χ0) is 11.3. The van der Waals surface area contributed by atoms with Crippen LogP contribution < -0.4 is 17.0 Å². The number of halogens is 1. The predicted molar refractivity (Wildman–Crippen MR) is 71.7 cm³/mol. The van der Waals surface area contributed by atoms with E-state index in [-0.39, 0.29) is 40.0 Å². The fourth-order valence-corrected chi connectivity index (χ4v) is 1.67. The fourth-order valence-electron chi connectivity index (χ4n) is 1.67. The molecule has 0 amide bonds. The second-order valence-corrected chi connectivity index (χ2v) is 4.26. The van der Waals surface area contributed by atoms with Gasteiger partial charge < -0.3 is 21.9 Å². The monoisotopic (exact) mass is 307 g/mol. The van der Waals surface area contributed by atoms with Gasteiger partial charge in [-0.25, -0.2) is 0 Å². The molecular weight excluding hydrogens is 286 g/mol. The van der Waals surface area contributed by atoms with Crippen molar-refractivity contribution in [3.63, 3.8) is 0 Å². The summed E-state index contributed by atoms with van der Waals surface area (Å²) in [5.41, 5.74) is 2.72. The van der Waals surface area contributed by atoms with E-state index in [0.29, 0.717) is 5.92 Å². The van der Waals surface area contributed by atoms with Crippen molar-refractivity contribution in [2.75, 3.05) is 13.1 Å². The van der Waals surface area contributed by atoms with Gasteiger partial charge in [-0.3, -0.25) is 0 Å². The van der Waals surface area contributed by atoms with Gasteiger partial charge in [0.15, 0.2) is 0 Å². The van der Waals surface area contributed by atoms with Gasteiger partial charge in [0.1, 0.15) is 0 Å². The molecule has 1 rings (SSSR count). The first kappa shape index (κ1) is 19.8. The van der Waals surface area contributed by atoms with Crippen LogP contribution in [0.4, 0.5) is 0 Å². The smallest absolute Gasteiger partial charge is 1.00 e. The molecule has 0 atom stereocenters. The molecule has 92 valence electrons. The molecule has 0 aliphatic carbocycles. The minimum atomic E-state index is 0. The van der Waals surface area contributed by atoms with Gasteiger partial charge >= 0.3 is 23.1 Å². The Labute approximate surface area is 133 Å². The van der Waals surface area contributed by atoms with E-state index in [1.54, 1.807) is 0 Å². The molecule has 17 heavy (non-hydrogen) atoms. The first-order valence-corrected chi connectivity index (χ1v) is 5.90. The van der Waals surface area contributed by atoms with Gasteiger partial charge in [0.25, 0.3) is 0 Å². The molecule has 0 aromatic heterocycles. The van der Waals surface area contributed by atoms with Crippen LogP contribution in [0.1, 0.15) is 44.7 Å². The molecule has 0 saturated carbocycles. The SMILES string of the molecule is CCN(CC)Cc1[c-]ccc(C(C)C)c1.[Br-].[Mg+2]. The molecule has 1 nitrogen and oxygen atoms in total. The topological polar surface area (TPSA) is 3.24 Å². The van der Waals surface area contributed by atoms with Crippen molar-refractivity contribution in [2.24, 2.45) is 0 Å². The third kappa shape index (κ3) is 6.80. The Morgan fingerprint density at radius 2 is 1.82 bits per heavy atom. The van der Waals surface area contributed by atoms with Gasteiger partial charge in [-0.15, -0.1) is 5.56 Å². The first-order chi connectivity index (χ1) is 7.17. The van der Waals surface area contributed by atoms with Crippen LogP contribution in [0.3, 0.4) is 0 Å². The Morgan fingerprint density at radius 3 is 2.29 bits per heavy atom. The van der Waals surface area contributed by atoms with E-state index in [9.17, 15) is 0 Å². The summed E-state index contributed by atoms with van der Waals surface area (Å²) in [6, 6.07) is 9.81. The van der Waals surface area contributed by atoms with E-state index in [1.807, 2.05) is 6.07 Å². The van der Waals surface area contributed by atoms with Crippen molar-refractivity contribution < 1.29 is 17.0 Å². The second-order valence-electron chi connectivity index (χ2n) is 4.26. The second kappa shape index (κ2) is 10.4. The molecule has 0 aliphatic heterocycles. The van der Waals surface area contributed by atoms with Crippen LogP contribution in [-0.4, -0.2) is 41.0 Å². The molecule has 0 radical (unpaired) electrons. The van der Waals surface area contributed by atoms with Crippen molar-refractivity contribution in [1.29, 1.82) is 0 Å². The van der Waals surface area contributed by atoms with E-state index in [1.165, 1.54) is 11.1 Å². The predicted octanol–water partition coefficient (Wildman–Crippen LogP) is 0.0752. The summed E-state index contributed by atoms with van der Waals surface area (Å²) >= 11 is 0. The molecule has 0 saturated heterocycles. The van der Waals surface area contributed by atoms with Crippen LogP contribution in [0.5, 0.6) is 0 Å². The normalized spacial score (nSPS) is 10.0. The quantitative estimate of drug-likeness (QED) is 0.550. The van der Waals surface area contributed by atoms with Crippen molar-refractivity contribution in [1.82, 2.24) is 4.90 Å². The number of benzene rings is 1. The Kier molecular flexibility index (Phi) is 12.0. The van der Waals surface area contributed by atoms with Gasteiger partial charge in [-0.05, 0) is 19.0 Å². The average Bonchev–Trinajstić information content (AvgIpc) is 2.26. The Bertz CT molecular complexity index is 298. The molecule has 1 aromatic carbocycles. The van der Waals surface area contributed by atoms with Crippen molar-refractivity contribution in [3.05, 3.63) is 35.4 Å². The molecule has 0 N–H and O–H groups in total. The van der Waals surface area contributed by atoms with E-state index < -0.39 is 0 Å². The van der Waals surface area contributed by atoms with Crippen LogP contribution in [0.2, 0.25) is 0 Å². The maximum Gasteiger partial charge on any atom is 2.00 e. The maximum absolute atomic E-state index is 3.32. The molecule has 0 spiro atoms. The summed E-state index contributed by atoms with van der Waals surface area (Å²) in [5.74, 6) is 0.607. The van der Waals surface area contributed by atoms with Crippen molar-refractivity contribution >= 4 is 23.1 Å². The van der Waals surface area contributed by atoms with Gasteiger partial charge in [0.2, 0.25) is 0 Å². The summed E-state index contributed by atoms with van der Waals surface area (Å²) in [7, 11) is 0. The third-order valence-electron chi connectivity index (χ3n) is 2.84. The number of nitrogens with zero attached hydrogens (tertiary/aromatic N) is 1. The molecule has 1 aromatic rings. The first-order valence-electron chi connectivity index (χ1n) is 5.90. The van der Waals surface area contributed by atoms with E-state index in [0.717, 1.165) is 19.6 Å². The third-order valence-corrected chi connectivity index (χ3v) is 2.84. The number of hydrogen-bond donors (Lipinski definition) is 0. The van der Waals surface area contributed by atoms with E-state index >= 15 is 0 Å². The van der Waals surface area contributed by atoms with Crippen molar-refractivity contribution in [3.8, 4) is 0 Å².